The summed E-state index contributed by atoms with van der Waals surface area (Å²) in [7, 11) is 1.38. The summed E-state index contributed by atoms with van der Waals surface area (Å²) in [5.74, 6) is -2.26. The van der Waals surface area contributed by atoms with Crippen LogP contribution in [0.15, 0.2) is 45.6 Å². The van der Waals surface area contributed by atoms with E-state index >= 15 is 0 Å². The largest absolute Gasteiger partial charge is 0.507 e. The summed E-state index contributed by atoms with van der Waals surface area (Å²) in [6, 6.07) is 7.63. The van der Waals surface area contributed by atoms with Crippen molar-refractivity contribution in [1.82, 2.24) is 0 Å². The summed E-state index contributed by atoms with van der Waals surface area (Å²) >= 11 is 0. The second kappa shape index (κ2) is 8.83. The molecular formula is C22H20O12. The van der Waals surface area contributed by atoms with Crippen molar-refractivity contribution in [2.24, 2.45) is 0 Å². The Labute approximate surface area is 190 Å². The molecule has 12 nitrogen and oxygen atoms in total. The average molecular weight is 476 g/mol. The first kappa shape index (κ1) is 23.3. The number of fused-ring (bicyclic) bond motifs is 1. The van der Waals surface area contributed by atoms with E-state index in [4.69, 9.17) is 23.7 Å². The van der Waals surface area contributed by atoms with Crippen LogP contribution in [-0.2, 0) is 9.53 Å². The standard InChI is InChI=1S/C22H20O12/c1-31-13-3-2-8(4-10(13)23)14-7-12(25)16-11(24)5-9(6-15(16)33-14)32-22-19(28)17(26)18(27)20(34-22)21(29)30/h2-7,17-20,22-24,26-28H,1H3,(H,29,30)/t17-,18-,19+,20-,22-/m0/s1. The normalized spacial score (nSPS) is 24.6. The Kier molecular flexibility index (Phi) is 6.06. The number of carbonyl (C=O) groups is 1. The molecule has 4 rings (SSSR count). The van der Waals surface area contributed by atoms with Crippen LogP contribution in [0, 0.1) is 0 Å². The highest BCUT2D eigenvalue weighted by molar-refractivity contribution is 5.86. The van der Waals surface area contributed by atoms with Crippen LogP contribution >= 0.6 is 0 Å². The topological polar surface area (TPSA) is 196 Å². The Balaban J connectivity index is 1.72. The highest BCUT2D eigenvalue weighted by Crippen LogP contribution is 2.35. The molecule has 0 bridgehead atoms. The van der Waals surface area contributed by atoms with E-state index in [2.05, 4.69) is 0 Å². The van der Waals surface area contributed by atoms with Gasteiger partial charge in [-0.1, -0.05) is 0 Å². The molecule has 6 N–H and O–H groups in total. The number of benzene rings is 2. The van der Waals surface area contributed by atoms with Crippen LogP contribution in [0.4, 0.5) is 0 Å². The van der Waals surface area contributed by atoms with Crippen molar-refractivity contribution in [2.45, 2.75) is 30.7 Å². The maximum atomic E-state index is 12.6. The molecule has 3 aromatic rings. The second-order valence-electron chi connectivity index (χ2n) is 7.53. The molecule has 0 saturated carbocycles. The Bertz CT molecular complexity index is 1300. The second-order valence-corrected chi connectivity index (χ2v) is 7.53. The zero-order valence-electron chi connectivity index (χ0n) is 17.5. The van der Waals surface area contributed by atoms with Gasteiger partial charge in [-0.3, -0.25) is 4.79 Å². The van der Waals surface area contributed by atoms with E-state index in [1.165, 1.54) is 31.4 Å². The zero-order chi connectivity index (χ0) is 24.7. The van der Waals surface area contributed by atoms with Gasteiger partial charge in [0.15, 0.2) is 23.0 Å². The van der Waals surface area contributed by atoms with Crippen LogP contribution in [0.1, 0.15) is 0 Å². The fourth-order valence-corrected chi connectivity index (χ4v) is 3.58. The molecule has 2 aromatic carbocycles. The minimum atomic E-state index is -1.90. The Morgan fingerprint density at radius 2 is 1.71 bits per heavy atom. The predicted octanol–water partition coefficient (Wildman–Crippen LogP) is 0.151. The van der Waals surface area contributed by atoms with Crippen molar-refractivity contribution in [3.8, 4) is 34.3 Å². The van der Waals surface area contributed by atoms with E-state index in [0.29, 0.717) is 5.56 Å². The summed E-state index contributed by atoms with van der Waals surface area (Å²) in [4.78, 5) is 23.9. The Morgan fingerprint density at radius 1 is 0.971 bits per heavy atom. The third-order valence-electron chi connectivity index (χ3n) is 5.31. The van der Waals surface area contributed by atoms with E-state index in [0.717, 1.165) is 12.1 Å². The van der Waals surface area contributed by atoms with Gasteiger partial charge in [0.05, 0.1) is 7.11 Å². The van der Waals surface area contributed by atoms with Crippen LogP contribution in [0.3, 0.4) is 0 Å². The molecule has 0 unspecified atom stereocenters. The maximum absolute atomic E-state index is 12.6. The molecule has 5 atom stereocenters. The third-order valence-corrected chi connectivity index (χ3v) is 5.31. The van der Waals surface area contributed by atoms with Gasteiger partial charge in [-0.05, 0) is 18.2 Å². The predicted molar refractivity (Wildman–Crippen MR) is 113 cm³/mol. The molecule has 1 aromatic heterocycles. The number of aliphatic carboxylic acids is 1. The summed E-state index contributed by atoms with van der Waals surface area (Å²) < 4.78 is 21.2. The fraction of sp³-hybridized carbons (Fsp3) is 0.273. The third kappa shape index (κ3) is 4.10. The van der Waals surface area contributed by atoms with Gasteiger partial charge in [-0.15, -0.1) is 0 Å². The number of aliphatic hydroxyl groups excluding tert-OH is 3. The lowest BCUT2D eigenvalue weighted by atomic mass is 9.99. The van der Waals surface area contributed by atoms with E-state index in [9.17, 15) is 35.1 Å². The molecule has 1 fully saturated rings. The van der Waals surface area contributed by atoms with Crippen molar-refractivity contribution in [2.75, 3.05) is 7.11 Å². The van der Waals surface area contributed by atoms with Gasteiger partial charge in [0.2, 0.25) is 6.29 Å². The molecule has 180 valence electrons. The first-order chi connectivity index (χ1) is 16.1. The fourth-order valence-electron chi connectivity index (χ4n) is 3.58. The van der Waals surface area contributed by atoms with E-state index in [1.54, 1.807) is 0 Å². The van der Waals surface area contributed by atoms with Crippen LogP contribution in [0.5, 0.6) is 23.0 Å². The molecule has 1 aliphatic heterocycles. The number of carboxylic acids is 1. The van der Waals surface area contributed by atoms with Gasteiger partial charge in [-0.2, -0.15) is 0 Å². The van der Waals surface area contributed by atoms with Gasteiger partial charge in [-0.25, -0.2) is 4.79 Å². The molecule has 0 aliphatic carbocycles. The minimum Gasteiger partial charge on any atom is -0.507 e. The number of aromatic hydroxyl groups is 2. The number of hydrogen-bond acceptors (Lipinski definition) is 11. The number of ether oxygens (including phenoxy) is 3. The van der Waals surface area contributed by atoms with Gasteiger partial charge >= 0.3 is 5.97 Å². The van der Waals surface area contributed by atoms with Crippen molar-refractivity contribution < 1.29 is 54.1 Å². The quantitative estimate of drug-likeness (QED) is 0.292. The molecule has 2 heterocycles. The highest BCUT2D eigenvalue weighted by atomic mass is 16.7. The summed E-state index contributed by atoms with van der Waals surface area (Å²) in [6.45, 7) is 0. The minimum absolute atomic E-state index is 0.0467. The number of carboxylic acid groups (broad SMARTS) is 1. The van der Waals surface area contributed by atoms with Gasteiger partial charge in [0.1, 0.15) is 46.5 Å². The molecule has 0 radical (unpaired) electrons. The Morgan fingerprint density at radius 3 is 2.35 bits per heavy atom. The summed E-state index contributed by atoms with van der Waals surface area (Å²) in [5.41, 5.74) is -0.405. The molecule has 0 amide bonds. The van der Waals surface area contributed by atoms with Crippen LogP contribution in [-0.4, -0.2) is 74.4 Å². The summed E-state index contributed by atoms with van der Waals surface area (Å²) in [6.07, 6.45) is -9.24. The first-order valence-corrected chi connectivity index (χ1v) is 9.88. The maximum Gasteiger partial charge on any atom is 0.335 e. The van der Waals surface area contributed by atoms with Crippen molar-refractivity contribution >= 4 is 16.9 Å². The number of aliphatic hydroxyl groups is 3. The lowest BCUT2D eigenvalue weighted by Gasteiger charge is -2.38. The van der Waals surface area contributed by atoms with Gasteiger partial charge in [0.25, 0.3) is 0 Å². The van der Waals surface area contributed by atoms with Crippen molar-refractivity contribution in [3.63, 3.8) is 0 Å². The number of phenolic OH excluding ortho intramolecular Hbond substituents is 2. The SMILES string of the molecule is COc1ccc(-c2cc(=O)c3c(O)cc(O[C@H]4O[C@H](C(=O)O)[C@@H](O)[C@H](O)[C@H]4O)cc3o2)cc1O. The van der Waals surface area contributed by atoms with E-state index in [-0.39, 0.29) is 34.0 Å². The number of phenols is 2. The number of rotatable bonds is 5. The Hall–Kier alpha value is -3.84. The lowest BCUT2D eigenvalue weighted by Crippen LogP contribution is -2.61. The molecular weight excluding hydrogens is 456 g/mol. The van der Waals surface area contributed by atoms with Gasteiger partial charge < -0.3 is 49.3 Å². The molecule has 1 aliphatic rings. The highest BCUT2D eigenvalue weighted by Gasteiger charge is 2.48. The van der Waals surface area contributed by atoms with Crippen molar-refractivity contribution in [3.05, 3.63) is 46.6 Å². The van der Waals surface area contributed by atoms with Crippen LogP contribution < -0.4 is 14.9 Å². The smallest absolute Gasteiger partial charge is 0.335 e. The van der Waals surface area contributed by atoms with E-state index < -0.39 is 47.9 Å². The van der Waals surface area contributed by atoms with Crippen LogP contribution in [0.2, 0.25) is 0 Å². The molecule has 34 heavy (non-hydrogen) atoms. The molecule has 12 heteroatoms. The lowest BCUT2D eigenvalue weighted by molar-refractivity contribution is -0.271. The van der Waals surface area contributed by atoms with Crippen molar-refractivity contribution in [1.29, 1.82) is 0 Å². The molecule has 1 saturated heterocycles. The average Bonchev–Trinajstić information content (AvgIpc) is 2.78. The van der Waals surface area contributed by atoms with Crippen LogP contribution in [0.25, 0.3) is 22.3 Å². The van der Waals surface area contributed by atoms with E-state index in [1.807, 2.05) is 0 Å². The van der Waals surface area contributed by atoms with Gasteiger partial charge in [0, 0.05) is 23.8 Å². The monoisotopic (exact) mass is 476 g/mol. The molecule has 0 spiro atoms. The number of methoxy groups -OCH3 is 1. The summed E-state index contributed by atoms with van der Waals surface area (Å²) in [5, 5.41) is 59.2. The zero-order valence-corrected chi connectivity index (χ0v) is 17.5. The number of hydrogen-bond donors (Lipinski definition) is 6. The first-order valence-electron chi connectivity index (χ1n) is 9.88.